The number of carbonyl (C=O) groups excluding carboxylic acids is 2. The van der Waals surface area contributed by atoms with Crippen molar-refractivity contribution >= 4 is 23.6 Å². The standard InChI is InChI=1S/C24H30ClN3O5/c1-15(27-16(2)29)14-31-21-9-7-18(12-26-21)32-20-8-6-17-13-28(11-10-19(17)22(20)25)23(30)33-24(3,4)5/h6-9,12,15H,10-11,13-14H2,1-5H3,(H,27,29). The van der Waals surface area contributed by atoms with E-state index in [0.717, 1.165) is 11.1 Å². The predicted molar refractivity (Wildman–Crippen MR) is 125 cm³/mol. The van der Waals surface area contributed by atoms with Crippen LogP contribution in [0.4, 0.5) is 4.79 Å². The number of aromatic nitrogens is 1. The Morgan fingerprint density at radius 1 is 1.24 bits per heavy atom. The minimum Gasteiger partial charge on any atom is -0.475 e. The van der Waals surface area contributed by atoms with Crippen molar-refractivity contribution in [2.45, 2.75) is 59.2 Å². The number of benzene rings is 1. The maximum Gasteiger partial charge on any atom is 0.410 e. The van der Waals surface area contributed by atoms with Crippen molar-refractivity contribution in [1.29, 1.82) is 0 Å². The van der Waals surface area contributed by atoms with Crippen molar-refractivity contribution in [2.75, 3.05) is 13.2 Å². The van der Waals surface area contributed by atoms with E-state index in [9.17, 15) is 9.59 Å². The molecule has 2 heterocycles. The first kappa shape index (κ1) is 24.6. The summed E-state index contributed by atoms with van der Waals surface area (Å²) in [7, 11) is 0. The van der Waals surface area contributed by atoms with Crippen LogP contribution < -0.4 is 14.8 Å². The van der Waals surface area contributed by atoms with Crippen LogP contribution in [0.2, 0.25) is 5.02 Å². The number of halogens is 1. The summed E-state index contributed by atoms with van der Waals surface area (Å²) in [4.78, 5) is 29.4. The van der Waals surface area contributed by atoms with Gasteiger partial charge in [-0.25, -0.2) is 9.78 Å². The van der Waals surface area contributed by atoms with E-state index in [2.05, 4.69) is 10.3 Å². The summed E-state index contributed by atoms with van der Waals surface area (Å²) in [5.74, 6) is 1.36. The van der Waals surface area contributed by atoms with Gasteiger partial charge in [-0.15, -0.1) is 0 Å². The van der Waals surface area contributed by atoms with Gasteiger partial charge < -0.3 is 24.4 Å². The van der Waals surface area contributed by atoms with Gasteiger partial charge in [0.25, 0.3) is 0 Å². The number of hydrogen-bond donors (Lipinski definition) is 1. The molecule has 1 atom stereocenters. The number of amides is 2. The normalized spacial score (nSPS) is 14.2. The van der Waals surface area contributed by atoms with E-state index in [1.54, 1.807) is 29.3 Å². The van der Waals surface area contributed by atoms with E-state index in [1.165, 1.54) is 6.92 Å². The number of nitrogens with one attached hydrogen (secondary N) is 1. The van der Waals surface area contributed by atoms with E-state index >= 15 is 0 Å². The molecule has 0 aliphatic carbocycles. The first-order valence-corrected chi connectivity index (χ1v) is 11.2. The van der Waals surface area contributed by atoms with Crippen molar-refractivity contribution in [3.8, 4) is 17.4 Å². The third-order valence-electron chi connectivity index (χ3n) is 4.82. The summed E-state index contributed by atoms with van der Waals surface area (Å²) in [5.41, 5.74) is 1.40. The van der Waals surface area contributed by atoms with Crippen LogP contribution >= 0.6 is 11.6 Å². The smallest absolute Gasteiger partial charge is 0.410 e. The summed E-state index contributed by atoms with van der Waals surface area (Å²) in [6, 6.07) is 7.02. The largest absolute Gasteiger partial charge is 0.475 e. The van der Waals surface area contributed by atoms with Crippen LogP contribution in [-0.4, -0.2) is 46.7 Å². The number of ether oxygens (including phenoxy) is 3. The highest BCUT2D eigenvalue weighted by atomic mass is 35.5. The number of fused-ring (bicyclic) bond motifs is 1. The number of nitrogens with zero attached hydrogens (tertiary/aromatic N) is 2. The molecule has 0 fully saturated rings. The predicted octanol–water partition coefficient (Wildman–Crippen LogP) is 4.72. The summed E-state index contributed by atoms with van der Waals surface area (Å²) in [6.07, 6.45) is 1.84. The highest BCUT2D eigenvalue weighted by molar-refractivity contribution is 6.33. The Hall–Kier alpha value is -3.00. The van der Waals surface area contributed by atoms with Crippen LogP contribution in [0.15, 0.2) is 30.5 Å². The molecular formula is C24H30ClN3O5. The molecule has 0 spiro atoms. The summed E-state index contributed by atoms with van der Waals surface area (Å²) in [6.45, 7) is 10.1. The van der Waals surface area contributed by atoms with Crippen LogP contribution in [0.1, 0.15) is 45.7 Å². The zero-order chi connectivity index (χ0) is 24.2. The van der Waals surface area contributed by atoms with Crippen LogP contribution in [0.3, 0.4) is 0 Å². The molecule has 2 amide bonds. The monoisotopic (exact) mass is 475 g/mol. The molecule has 0 saturated carbocycles. The Balaban J connectivity index is 1.62. The lowest BCUT2D eigenvalue weighted by Crippen LogP contribution is -2.39. The van der Waals surface area contributed by atoms with Crippen molar-refractivity contribution in [3.63, 3.8) is 0 Å². The maximum atomic E-state index is 12.4. The number of carbonyl (C=O) groups is 2. The van der Waals surface area contributed by atoms with Gasteiger partial charge in [0.15, 0.2) is 0 Å². The molecule has 1 aliphatic heterocycles. The fourth-order valence-corrected chi connectivity index (χ4v) is 3.71. The number of hydrogen-bond acceptors (Lipinski definition) is 6. The van der Waals surface area contributed by atoms with Gasteiger partial charge in [0.1, 0.15) is 23.7 Å². The highest BCUT2D eigenvalue weighted by Gasteiger charge is 2.27. The first-order chi connectivity index (χ1) is 15.5. The maximum absolute atomic E-state index is 12.4. The second-order valence-corrected chi connectivity index (χ2v) is 9.39. The summed E-state index contributed by atoms with van der Waals surface area (Å²) < 4.78 is 17.0. The molecule has 1 unspecified atom stereocenters. The van der Waals surface area contributed by atoms with Gasteiger partial charge in [0, 0.05) is 26.1 Å². The molecule has 33 heavy (non-hydrogen) atoms. The van der Waals surface area contributed by atoms with E-state index in [-0.39, 0.29) is 18.0 Å². The average molecular weight is 476 g/mol. The number of pyridine rings is 1. The minimum atomic E-state index is -0.537. The van der Waals surface area contributed by atoms with Gasteiger partial charge >= 0.3 is 6.09 Å². The third kappa shape index (κ3) is 6.99. The Morgan fingerprint density at radius 2 is 2.00 bits per heavy atom. The molecule has 1 N–H and O–H groups in total. The molecular weight excluding hydrogens is 446 g/mol. The van der Waals surface area contributed by atoms with Crippen LogP contribution in [0, 0.1) is 0 Å². The fourth-order valence-electron chi connectivity index (χ4n) is 3.39. The Kier molecular flexibility index (Phi) is 7.68. The fraction of sp³-hybridized carbons (Fsp3) is 0.458. The van der Waals surface area contributed by atoms with Gasteiger partial charge in [-0.05, 0) is 57.4 Å². The van der Waals surface area contributed by atoms with E-state index in [0.29, 0.717) is 48.5 Å². The van der Waals surface area contributed by atoms with E-state index < -0.39 is 5.60 Å². The zero-order valence-electron chi connectivity index (χ0n) is 19.6. The SMILES string of the molecule is CC(=O)NC(C)COc1ccc(Oc2ccc3c(c2Cl)CCN(C(=O)OC(C)(C)C)C3)cn1. The molecule has 1 aliphatic rings. The topological polar surface area (TPSA) is 90.0 Å². The lowest BCUT2D eigenvalue weighted by molar-refractivity contribution is -0.119. The molecule has 9 heteroatoms. The molecule has 2 aromatic rings. The molecule has 0 saturated heterocycles. The second-order valence-electron chi connectivity index (χ2n) is 9.01. The molecule has 3 rings (SSSR count). The highest BCUT2D eigenvalue weighted by Crippen LogP contribution is 2.36. The quantitative estimate of drug-likeness (QED) is 0.650. The van der Waals surface area contributed by atoms with Gasteiger partial charge in [-0.3, -0.25) is 4.79 Å². The molecule has 0 bridgehead atoms. The molecule has 1 aromatic carbocycles. The van der Waals surface area contributed by atoms with Crippen LogP contribution in [-0.2, 0) is 22.5 Å². The number of rotatable bonds is 6. The lowest BCUT2D eigenvalue weighted by Gasteiger charge is -2.31. The Bertz CT molecular complexity index is 1000. The summed E-state index contributed by atoms with van der Waals surface area (Å²) in [5, 5.41) is 3.28. The first-order valence-electron chi connectivity index (χ1n) is 10.8. The Morgan fingerprint density at radius 3 is 2.64 bits per heavy atom. The van der Waals surface area contributed by atoms with Gasteiger partial charge in [-0.2, -0.15) is 0 Å². The van der Waals surface area contributed by atoms with E-state index in [1.807, 2.05) is 33.8 Å². The van der Waals surface area contributed by atoms with Crippen molar-refractivity contribution in [3.05, 3.63) is 46.6 Å². The minimum absolute atomic E-state index is 0.109. The lowest BCUT2D eigenvalue weighted by atomic mass is 9.99. The van der Waals surface area contributed by atoms with Crippen molar-refractivity contribution < 1.29 is 23.8 Å². The van der Waals surface area contributed by atoms with Gasteiger partial charge in [-0.1, -0.05) is 17.7 Å². The molecule has 178 valence electrons. The second kappa shape index (κ2) is 10.3. The van der Waals surface area contributed by atoms with Gasteiger partial charge in [0.2, 0.25) is 11.8 Å². The average Bonchev–Trinajstić information content (AvgIpc) is 2.73. The third-order valence-corrected chi connectivity index (χ3v) is 5.23. The van der Waals surface area contributed by atoms with Crippen molar-refractivity contribution in [1.82, 2.24) is 15.2 Å². The molecule has 1 aromatic heterocycles. The molecule has 8 nitrogen and oxygen atoms in total. The van der Waals surface area contributed by atoms with Gasteiger partial charge in [0.05, 0.1) is 17.3 Å². The zero-order valence-corrected chi connectivity index (χ0v) is 20.4. The van der Waals surface area contributed by atoms with Crippen LogP contribution in [0.5, 0.6) is 17.4 Å². The Labute approximate surface area is 199 Å². The van der Waals surface area contributed by atoms with E-state index in [4.69, 9.17) is 25.8 Å². The summed E-state index contributed by atoms with van der Waals surface area (Å²) >= 11 is 6.63. The van der Waals surface area contributed by atoms with Crippen molar-refractivity contribution in [2.24, 2.45) is 0 Å². The van der Waals surface area contributed by atoms with Crippen LogP contribution in [0.25, 0.3) is 0 Å². The molecule has 0 radical (unpaired) electrons.